The molecule has 0 aromatic heterocycles. The predicted molar refractivity (Wildman–Crippen MR) is 108 cm³/mol. The molecule has 0 spiro atoms. The summed E-state index contributed by atoms with van der Waals surface area (Å²) >= 11 is 0. The minimum absolute atomic E-state index is 0.00478. The Hall–Kier alpha value is -2.98. The molecule has 0 aliphatic carbocycles. The van der Waals surface area contributed by atoms with Crippen LogP contribution < -0.4 is 4.74 Å². The standard InChI is InChI=1S/C20H21N3O6S/c24-20(16-13-15-3-1-2-4-19(15)29-14-16)21-9-11-22(12-10-21)30(27,28)18-7-5-17(6-8-18)23(25)26/h1-8,16H,9-14H2/t16-/m0/s1. The molecule has 0 unspecified atom stereocenters. The summed E-state index contributed by atoms with van der Waals surface area (Å²) in [5.74, 6) is 0.496. The summed E-state index contributed by atoms with van der Waals surface area (Å²) in [6.07, 6.45) is 0.607. The highest BCUT2D eigenvalue weighted by molar-refractivity contribution is 7.89. The largest absolute Gasteiger partial charge is 0.492 e. The number of benzene rings is 2. The van der Waals surface area contributed by atoms with Crippen molar-refractivity contribution in [1.82, 2.24) is 9.21 Å². The van der Waals surface area contributed by atoms with Gasteiger partial charge in [0.05, 0.1) is 15.7 Å². The van der Waals surface area contributed by atoms with Crippen molar-refractivity contribution in [1.29, 1.82) is 0 Å². The van der Waals surface area contributed by atoms with Gasteiger partial charge < -0.3 is 9.64 Å². The molecule has 10 heteroatoms. The number of rotatable bonds is 4. The van der Waals surface area contributed by atoms with E-state index < -0.39 is 14.9 Å². The van der Waals surface area contributed by atoms with Gasteiger partial charge in [0.15, 0.2) is 0 Å². The monoisotopic (exact) mass is 431 g/mol. The summed E-state index contributed by atoms with van der Waals surface area (Å²) < 4.78 is 32.6. The van der Waals surface area contributed by atoms with Gasteiger partial charge in [-0.25, -0.2) is 8.42 Å². The van der Waals surface area contributed by atoms with Gasteiger partial charge >= 0.3 is 0 Å². The second kappa shape index (κ2) is 8.04. The molecule has 0 bridgehead atoms. The van der Waals surface area contributed by atoms with Gasteiger partial charge in [0, 0.05) is 38.3 Å². The van der Waals surface area contributed by atoms with Crippen molar-refractivity contribution in [3.8, 4) is 5.75 Å². The summed E-state index contributed by atoms with van der Waals surface area (Å²) in [7, 11) is -3.77. The van der Waals surface area contributed by atoms with E-state index in [0.29, 0.717) is 26.1 Å². The zero-order valence-electron chi connectivity index (χ0n) is 16.1. The highest BCUT2D eigenvalue weighted by atomic mass is 32.2. The molecule has 2 aliphatic rings. The molecule has 0 N–H and O–H groups in total. The lowest BCUT2D eigenvalue weighted by Gasteiger charge is -2.36. The van der Waals surface area contributed by atoms with E-state index in [-0.39, 0.29) is 35.5 Å². The van der Waals surface area contributed by atoms with Crippen LogP contribution in [-0.4, -0.2) is 61.2 Å². The lowest BCUT2D eigenvalue weighted by Crippen LogP contribution is -2.52. The highest BCUT2D eigenvalue weighted by Crippen LogP contribution is 2.28. The smallest absolute Gasteiger partial charge is 0.269 e. The number of nitrogens with zero attached hydrogens (tertiary/aromatic N) is 3. The van der Waals surface area contributed by atoms with Gasteiger partial charge in [-0.2, -0.15) is 4.31 Å². The quantitative estimate of drug-likeness (QED) is 0.538. The third-order valence-electron chi connectivity index (χ3n) is 5.46. The third kappa shape index (κ3) is 3.88. The summed E-state index contributed by atoms with van der Waals surface area (Å²) in [5.41, 5.74) is 0.835. The number of hydrogen-bond donors (Lipinski definition) is 0. The molecule has 0 saturated carbocycles. The van der Waals surface area contributed by atoms with Gasteiger partial charge in [0.2, 0.25) is 15.9 Å². The Morgan fingerprint density at radius 3 is 2.37 bits per heavy atom. The van der Waals surface area contributed by atoms with Crippen molar-refractivity contribution in [2.75, 3.05) is 32.8 Å². The van der Waals surface area contributed by atoms with Crippen molar-refractivity contribution < 1.29 is 22.9 Å². The van der Waals surface area contributed by atoms with Crippen LogP contribution in [0.2, 0.25) is 0 Å². The third-order valence-corrected chi connectivity index (χ3v) is 7.38. The van der Waals surface area contributed by atoms with Crippen LogP contribution >= 0.6 is 0 Å². The summed E-state index contributed by atoms with van der Waals surface area (Å²) in [4.78, 5) is 24.8. The van der Waals surface area contributed by atoms with Gasteiger partial charge in [-0.05, 0) is 30.2 Å². The van der Waals surface area contributed by atoms with Crippen LogP contribution in [0.4, 0.5) is 5.69 Å². The van der Waals surface area contributed by atoms with Gasteiger partial charge in [-0.1, -0.05) is 18.2 Å². The van der Waals surface area contributed by atoms with Crippen LogP contribution in [0, 0.1) is 16.0 Å². The van der Waals surface area contributed by atoms with Crippen molar-refractivity contribution in [3.63, 3.8) is 0 Å². The maximum Gasteiger partial charge on any atom is 0.269 e. The molecule has 4 rings (SSSR count). The molecular formula is C20H21N3O6S. The number of carbonyl (C=O) groups is 1. The van der Waals surface area contributed by atoms with Crippen LogP contribution in [0.5, 0.6) is 5.75 Å². The Balaban J connectivity index is 1.38. The van der Waals surface area contributed by atoms with Crippen molar-refractivity contribution >= 4 is 21.6 Å². The number of nitro benzene ring substituents is 1. The van der Waals surface area contributed by atoms with Crippen molar-refractivity contribution in [2.24, 2.45) is 5.92 Å². The zero-order valence-corrected chi connectivity index (χ0v) is 17.0. The fraction of sp³-hybridized carbons (Fsp3) is 0.350. The first-order valence-electron chi connectivity index (χ1n) is 9.60. The topological polar surface area (TPSA) is 110 Å². The van der Waals surface area contributed by atoms with Crippen molar-refractivity contribution in [3.05, 3.63) is 64.2 Å². The Bertz CT molecular complexity index is 1060. The van der Waals surface area contributed by atoms with E-state index in [1.807, 2.05) is 24.3 Å². The molecule has 2 heterocycles. The molecule has 2 aromatic carbocycles. The van der Waals surface area contributed by atoms with E-state index >= 15 is 0 Å². The van der Waals surface area contributed by atoms with Gasteiger partial charge in [0.25, 0.3) is 5.69 Å². The Kier molecular flexibility index (Phi) is 5.44. The zero-order chi connectivity index (χ0) is 21.3. The molecular weight excluding hydrogens is 410 g/mol. The van der Waals surface area contributed by atoms with Crippen LogP contribution in [0.15, 0.2) is 53.4 Å². The molecule has 1 fully saturated rings. The predicted octanol–water partition coefficient (Wildman–Crippen LogP) is 1.68. The first-order chi connectivity index (χ1) is 14.4. The number of para-hydroxylation sites is 1. The molecule has 30 heavy (non-hydrogen) atoms. The molecule has 2 aliphatic heterocycles. The van der Waals surface area contributed by atoms with Gasteiger partial charge in [-0.15, -0.1) is 0 Å². The minimum Gasteiger partial charge on any atom is -0.492 e. The Morgan fingerprint density at radius 1 is 1.03 bits per heavy atom. The molecule has 0 radical (unpaired) electrons. The van der Waals surface area contributed by atoms with Crippen LogP contribution in [0.1, 0.15) is 5.56 Å². The van der Waals surface area contributed by atoms with E-state index in [0.717, 1.165) is 11.3 Å². The van der Waals surface area contributed by atoms with Crippen LogP contribution in [-0.2, 0) is 21.2 Å². The average Bonchev–Trinajstić information content (AvgIpc) is 2.78. The number of non-ortho nitro benzene ring substituents is 1. The minimum atomic E-state index is -3.77. The van der Waals surface area contributed by atoms with Crippen molar-refractivity contribution in [2.45, 2.75) is 11.3 Å². The van der Waals surface area contributed by atoms with E-state index in [4.69, 9.17) is 4.74 Å². The molecule has 2 aromatic rings. The maximum atomic E-state index is 12.9. The Morgan fingerprint density at radius 2 is 1.70 bits per heavy atom. The Labute approximate surface area is 174 Å². The van der Waals surface area contributed by atoms with E-state index in [9.17, 15) is 23.3 Å². The molecule has 1 atom stereocenters. The van der Waals surface area contributed by atoms with E-state index in [1.54, 1.807) is 4.90 Å². The highest BCUT2D eigenvalue weighted by Gasteiger charge is 2.34. The molecule has 158 valence electrons. The number of nitro groups is 1. The summed E-state index contributed by atoms with van der Waals surface area (Å²) in [5, 5.41) is 10.8. The van der Waals surface area contributed by atoms with Crippen LogP contribution in [0.25, 0.3) is 0 Å². The number of piperazine rings is 1. The number of fused-ring (bicyclic) bond motifs is 1. The molecule has 1 saturated heterocycles. The summed E-state index contributed by atoms with van der Waals surface area (Å²) in [6.45, 7) is 1.26. The van der Waals surface area contributed by atoms with E-state index in [2.05, 4.69) is 0 Å². The van der Waals surface area contributed by atoms with Crippen LogP contribution in [0.3, 0.4) is 0 Å². The second-order valence-corrected chi connectivity index (χ2v) is 9.24. The number of amides is 1. The van der Waals surface area contributed by atoms with E-state index in [1.165, 1.54) is 28.6 Å². The van der Waals surface area contributed by atoms with Gasteiger partial charge in [-0.3, -0.25) is 14.9 Å². The first kappa shape index (κ1) is 20.3. The second-order valence-electron chi connectivity index (χ2n) is 7.30. The number of hydrogen-bond acceptors (Lipinski definition) is 6. The number of ether oxygens (including phenoxy) is 1. The first-order valence-corrected chi connectivity index (χ1v) is 11.0. The lowest BCUT2D eigenvalue weighted by molar-refractivity contribution is -0.384. The molecule has 9 nitrogen and oxygen atoms in total. The maximum absolute atomic E-state index is 12.9. The molecule has 1 amide bonds. The lowest BCUT2D eigenvalue weighted by atomic mass is 9.95. The van der Waals surface area contributed by atoms with Gasteiger partial charge in [0.1, 0.15) is 12.4 Å². The summed E-state index contributed by atoms with van der Waals surface area (Å²) in [6, 6.07) is 12.5. The SMILES string of the molecule is O=C([C@@H]1COc2ccccc2C1)N1CCN(S(=O)(=O)c2ccc([N+](=O)[O-])cc2)CC1. The normalized spacial score (nSPS) is 19.6. The fourth-order valence-electron chi connectivity index (χ4n) is 3.78. The fourth-order valence-corrected chi connectivity index (χ4v) is 5.20. The number of carbonyl (C=O) groups excluding carboxylic acids is 1. The number of sulfonamides is 1. The average molecular weight is 431 g/mol.